The van der Waals surface area contributed by atoms with E-state index < -0.39 is 0 Å². The highest BCUT2D eigenvalue weighted by Crippen LogP contribution is 2.35. The van der Waals surface area contributed by atoms with Crippen molar-refractivity contribution in [3.05, 3.63) is 59.0 Å². The molecule has 0 fully saturated rings. The van der Waals surface area contributed by atoms with E-state index in [-0.39, 0.29) is 12.4 Å². The molecule has 4 heteroatoms. The lowest BCUT2D eigenvalue weighted by molar-refractivity contribution is 0.174. The van der Waals surface area contributed by atoms with Gasteiger partial charge in [0.2, 0.25) is 6.79 Å². The first-order valence-electron chi connectivity index (χ1n) is 6.15. The van der Waals surface area contributed by atoms with E-state index >= 15 is 0 Å². The molecule has 0 atom stereocenters. The molecule has 97 valence electrons. The van der Waals surface area contributed by atoms with Gasteiger partial charge in [0.05, 0.1) is 5.56 Å². The van der Waals surface area contributed by atoms with Gasteiger partial charge in [-0.25, -0.2) is 4.79 Å². The molecule has 0 saturated heterocycles. The minimum Gasteiger partial charge on any atom is -0.454 e. The zero-order valence-corrected chi connectivity index (χ0v) is 10.4. The molecule has 4 nitrogen and oxygen atoms in total. The fourth-order valence-electron chi connectivity index (χ4n) is 2.27. The molecular weight excluding hydrogens is 256 g/mol. The van der Waals surface area contributed by atoms with Gasteiger partial charge in [-0.2, -0.15) is 0 Å². The average molecular weight is 265 g/mol. The third kappa shape index (κ3) is 1.66. The summed E-state index contributed by atoms with van der Waals surface area (Å²) in [7, 11) is 0. The molecule has 20 heavy (non-hydrogen) atoms. The third-order valence-corrected chi connectivity index (χ3v) is 3.26. The Balaban J connectivity index is 1.93. The molecular formula is C16H9O4. The Morgan fingerprint density at radius 3 is 2.90 bits per heavy atom. The molecule has 0 N–H and O–H groups in total. The van der Waals surface area contributed by atoms with Crippen LogP contribution >= 0.6 is 0 Å². The predicted molar refractivity (Wildman–Crippen MR) is 72.9 cm³/mol. The van der Waals surface area contributed by atoms with Crippen molar-refractivity contribution >= 4 is 11.0 Å². The molecule has 1 radical (unpaired) electrons. The Morgan fingerprint density at radius 2 is 1.95 bits per heavy atom. The molecule has 2 heterocycles. The number of hydrogen-bond donors (Lipinski definition) is 0. The molecule has 0 spiro atoms. The van der Waals surface area contributed by atoms with Crippen LogP contribution in [-0.4, -0.2) is 6.79 Å². The molecule has 0 saturated carbocycles. The Morgan fingerprint density at radius 1 is 1.05 bits per heavy atom. The second-order valence-electron chi connectivity index (χ2n) is 4.48. The summed E-state index contributed by atoms with van der Waals surface area (Å²) < 4.78 is 15.9. The molecule has 0 amide bonds. The summed E-state index contributed by atoms with van der Waals surface area (Å²) in [5.74, 6) is 1.33. The summed E-state index contributed by atoms with van der Waals surface area (Å²) in [4.78, 5) is 12.1. The number of fused-ring (bicyclic) bond motifs is 2. The largest absolute Gasteiger partial charge is 0.454 e. The van der Waals surface area contributed by atoms with Crippen molar-refractivity contribution in [3.8, 4) is 22.6 Å². The van der Waals surface area contributed by atoms with Gasteiger partial charge in [0, 0.05) is 5.39 Å². The van der Waals surface area contributed by atoms with Gasteiger partial charge in [-0.05, 0) is 35.9 Å². The first kappa shape index (κ1) is 11.1. The second-order valence-corrected chi connectivity index (χ2v) is 4.48. The van der Waals surface area contributed by atoms with Crippen molar-refractivity contribution in [2.45, 2.75) is 0 Å². The Labute approximate surface area is 114 Å². The molecule has 0 unspecified atom stereocenters. The van der Waals surface area contributed by atoms with Crippen LogP contribution in [-0.2, 0) is 0 Å². The van der Waals surface area contributed by atoms with E-state index in [1.807, 2.05) is 18.2 Å². The fraction of sp³-hybridized carbons (Fsp3) is 0.0625. The zero-order valence-electron chi connectivity index (χ0n) is 10.4. The predicted octanol–water partition coefficient (Wildman–Crippen LogP) is 2.99. The molecule has 1 aliphatic heterocycles. The molecule has 3 aromatic rings. The molecule has 2 aromatic carbocycles. The summed E-state index contributed by atoms with van der Waals surface area (Å²) in [6.45, 7) is 0.209. The molecule has 0 aliphatic carbocycles. The van der Waals surface area contributed by atoms with Gasteiger partial charge in [-0.3, -0.25) is 0 Å². The van der Waals surface area contributed by atoms with Crippen molar-refractivity contribution < 1.29 is 13.9 Å². The minimum absolute atomic E-state index is 0.209. The van der Waals surface area contributed by atoms with Crippen molar-refractivity contribution in [2.24, 2.45) is 0 Å². The first-order chi connectivity index (χ1) is 9.81. The van der Waals surface area contributed by atoms with Crippen LogP contribution < -0.4 is 15.1 Å². The van der Waals surface area contributed by atoms with E-state index in [4.69, 9.17) is 13.9 Å². The zero-order chi connectivity index (χ0) is 13.5. The summed E-state index contributed by atoms with van der Waals surface area (Å²) in [5.41, 5.74) is 1.40. The molecule has 4 rings (SSSR count). The Kier molecular flexibility index (Phi) is 2.29. The van der Waals surface area contributed by atoms with Crippen LogP contribution in [0.1, 0.15) is 0 Å². The van der Waals surface area contributed by atoms with E-state index in [1.165, 1.54) is 0 Å². The average Bonchev–Trinajstić information content (AvgIpc) is 2.94. The minimum atomic E-state index is -0.379. The lowest BCUT2D eigenvalue weighted by atomic mass is 10.1. The van der Waals surface area contributed by atoms with E-state index in [0.717, 1.165) is 10.9 Å². The lowest BCUT2D eigenvalue weighted by Crippen LogP contribution is -2.02. The maximum absolute atomic E-state index is 12.1. The van der Waals surface area contributed by atoms with Gasteiger partial charge < -0.3 is 13.9 Å². The third-order valence-electron chi connectivity index (χ3n) is 3.26. The highest BCUT2D eigenvalue weighted by atomic mass is 16.7. The van der Waals surface area contributed by atoms with Gasteiger partial charge >= 0.3 is 5.63 Å². The molecule has 1 aliphatic rings. The topological polar surface area (TPSA) is 48.7 Å². The molecule has 1 aromatic heterocycles. The fourth-order valence-corrected chi connectivity index (χ4v) is 2.27. The van der Waals surface area contributed by atoms with Crippen LogP contribution in [0.4, 0.5) is 0 Å². The van der Waals surface area contributed by atoms with Crippen molar-refractivity contribution in [3.63, 3.8) is 0 Å². The highest BCUT2D eigenvalue weighted by Gasteiger charge is 2.15. The van der Waals surface area contributed by atoms with Crippen LogP contribution in [0.25, 0.3) is 22.1 Å². The SMILES string of the molecule is O=c1oc2c[c]ccc2cc1-c1ccc2c(c1)OCO2. The first-order valence-corrected chi connectivity index (χ1v) is 6.15. The highest BCUT2D eigenvalue weighted by molar-refractivity contribution is 5.81. The van der Waals surface area contributed by atoms with Crippen molar-refractivity contribution in [1.29, 1.82) is 0 Å². The Bertz CT molecular complexity index is 864. The van der Waals surface area contributed by atoms with Gasteiger partial charge in [-0.15, -0.1) is 0 Å². The van der Waals surface area contributed by atoms with Crippen LogP contribution in [0, 0.1) is 6.07 Å². The van der Waals surface area contributed by atoms with E-state index in [0.29, 0.717) is 22.6 Å². The maximum Gasteiger partial charge on any atom is 0.344 e. The van der Waals surface area contributed by atoms with E-state index in [1.54, 1.807) is 24.3 Å². The monoisotopic (exact) mass is 265 g/mol. The van der Waals surface area contributed by atoms with E-state index in [2.05, 4.69) is 6.07 Å². The number of benzene rings is 2. The maximum atomic E-state index is 12.1. The van der Waals surface area contributed by atoms with Crippen LogP contribution in [0.15, 0.2) is 51.7 Å². The summed E-state index contributed by atoms with van der Waals surface area (Å²) in [6.07, 6.45) is 0. The Hall–Kier alpha value is -2.75. The van der Waals surface area contributed by atoms with Crippen LogP contribution in [0.2, 0.25) is 0 Å². The second kappa shape index (κ2) is 4.13. The van der Waals surface area contributed by atoms with Crippen molar-refractivity contribution in [1.82, 2.24) is 0 Å². The summed E-state index contributed by atoms with van der Waals surface area (Å²) in [5, 5.41) is 0.857. The van der Waals surface area contributed by atoms with Crippen molar-refractivity contribution in [2.75, 3.05) is 6.79 Å². The quantitative estimate of drug-likeness (QED) is 0.635. The van der Waals surface area contributed by atoms with Gasteiger partial charge in [0.15, 0.2) is 11.5 Å². The standard InChI is InChI=1S/C16H9O4/c17-16-12(7-11-3-1-2-4-13(11)20-16)10-5-6-14-15(8-10)19-9-18-14/h1,3-8H,9H2. The normalized spacial score (nSPS) is 12.8. The number of hydrogen-bond acceptors (Lipinski definition) is 4. The van der Waals surface area contributed by atoms with Crippen LogP contribution in [0.5, 0.6) is 11.5 Å². The number of rotatable bonds is 1. The van der Waals surface area contributed by atoms with Gasteiger partial charge in [-0.1, -0.05) is 18.2 Å². The summed E-state index contributed by atoms with van der Waals surface area (Å²) >= 11 is 0. The van der Waals surface area contributed by atoms with Crippen LogP contribution in [0.3, 0.4) is 0 Å². The van der Waals surface area contributed by atoms with Gasteiger partial charge in [0.25, 0.3) is 0 Å². The smallest absolute Gasteiger partial charge is 0.344 e. The molecule has 0 bridgehead atoms. The summed E-state index contributed by atoms with van der Waals surface area (Å²) in [6, 6.07) is 15.4. The van der Waals surface area contributed by atoms with Gasteiger partial charge in [0.1, 0.15) is 5.58 Å². The lowest BCUT2D eigenvalue weighted by Gasteiger charge is -2.03. The number of ether oxygens (including phenoxy) is 2. The van der Waals surface area contributed by atoms with E-state index in [9.17, 15) is 4.79 Å².